The number of amides is 2. The number of benzene rings is 2. The van der Waals surface area contributed by atoms with Crippen LogP contribution in [0.15, 0.2) is 53.9 Å². The average Bonchev–Trinajstić information content (AvgIpc) is 3.12. The van der Waals surface area contributed by atoms with E-state index in [1.807, 2.05) is 31.2 Å². The molecule has 0 spiro atoms. The van der Waals surface area contributed by atoms with Gasteiger partial charge in [0.1, 0.15) is 11.4 Å². The molecular weight excluding hydrogens is 350 g/mol. The first kappa shape index (κ1) is 17.6. The number of carbonyl (C=O) groups excluding carboxylic acids is 2. The Hall–Kier alpha value is -3.19. The molecule has 6 nitrogen and oxygen atoms in total. The average molecular weight is 367 g/mol. The highest BCUT2D eigenvalue weighted by atomic mass is 32.1. The molecule has 132 valence electrons. The molecular formula is C19H17N3O3S. The van der Waals surface area contributed by atoms with Crippen LogP contribution in [0.3, 0.4) is 0 Å². The van der Waals surface area contributed by atoms with E-state index in [0.717, 1.165) is 5.56 Å². The van der Waals surface area contributed by atoms with Crippen LogP contribution in [0.1, 0.15) is 26.4 Å². The summed E-state index contributed by atoms with van der Waals surface area (Å²) >= 11 is 1.19. The SMILES string of the molecule is COc1ccc(C(=O)Nc2nc(C(=O)Nc3ccc(C)cc3)cs2)cc1. The topological polar surface area (TPSA) is 80.3 Å². The molecule has 2 amide bonds. The Kier molecular flexibility index (Phi) is 5.28. The van der Waals surface area contributed by atoms with Crippen molar-refractivity contribution in [1.82, 2.24) is 4.98 Å². The molecule has 0 bridgehead atoms. The lowest BCUT2D eigenvalue weighted by atomic mass is 10.2. The van der Waals surface area contributed by atoms with Gasteiger partial charge in [-0.2, -0.15) is 0 Å². The summed E-state index contributed by atoms with van der Waals surface area (Å²) < 4.78 is 5.07. The first-order valence-corrected chi connectivity index (χ1v) is 8.72. The Balaban J connectivity index is 1.64. The number of methoxy groups -OCH3 is 1. The van der Waals surface area contributed by atoms with E-state index in [0.29, 0.717) is 22.1 Å². The van der Waals surface area contributed by atoms with Gasteiger partial charge < -0.3 is 10.1 Å². The predicted octanol–water partition coefficient (Wildman–Crippen LogP) is 3.96. The lowest BCUT2D eigenvalue weighted by molar-refractivity contribution is 0.101. The molecule has 2 aromatic carbocycles. The zero-order valence-corrected chi connectivity index (χ0v) is 15.1. The molecule has 0 aliphatic rings. The van der Waals surface area contributed by atoms with Crippen LogP contribution in [0.4, 0.5) is 10.8 Å². The van der Waals surface area contributed by atoms with Gasteiger partial charge in [-0.05, 0) is 43.3 Å². The number of nitrogens with zero attached hydrogens (tertiary/aromatic N) is 1. The van der Waals surface area contributed by atoms with Crippen LogP contribution in [-0.4, -0.2) is 23.9 Å². The fourth-order valence-electron chi connectivity index (χ4n) is 2.18. The molecule has 3 aromatic rings. The highest BCUT2D eigenvalue weighted by Crippen LogP contribution is 2.19. The highest BCUT2D eigenvalue weighted by Gasteiger charge is 2.13. The third-order valence-corrected chi connectivity index (χ3v) is 4.38. The molecule has 0 saturated carbocycles. The van der Waals surface area contributed by atoms with Gasteiger partial charge in [-0.1, -0.05) is 17.7 Å². The van der Waals surface area contributed by atoms with E-state index in [9.17, 15) is 9.59 Å². The number of thiazole rings is 1. The fraction of sp³-hybridized carbons (Fsp3) is 0.105. The molecule has 0 atom stereocenters. The molecule has 1 heterocycles. The second-order valence-corrected chi connectivity index (χ2v) is 6.40. The summed E-state index contributed by atoms with van der Waals surface area (Å²) in [7, 11) is 1.56. The number of nitrogens with one attached hydrogen (secondary N) is 2. The van der Waals surface area contributed by atoms with E-state index in [1.165, 1.54) is 11.3 Å². The van der Waals surface area contributed by atoms with Crippen molar-refractivity contribution >= 4 is 34.0 Å². The number of aryl methyl sites for hydroxylation is 1. The van der Waals surface area contributed by atoms with Gasteiger partial charge in [0.2, 0.25) is 0 Å². The maximum Gasteiger partial charge on any atom is 0.275 e. The van der Waals surface area contributed by atoms with E-state index < -0.39 is 0 Å². The quantitative estimate of drug-likeness (QED) is 0.715. The monoisotopic (exact) mass is 367 g/mol. The molecule has 0 aliphatic carbocycles. The number of anilines is 2. The van der Waals surface area contributed by atoms with Crippen molar-refractivity contribution in [3.63, 3.8) is 0 Å². The van der Waals surface area contributed by atoms with Crippen LogP contribution in [0, 0.1) is 6.92 Å². The number of hydrogen-bond donors (Lipinski definition) is 2. The molecule has 26 heavy (non-hydrogen) atoms. The standard InChI is InChI=1S/C19H17N3O3S/c1-12-3-7-14(8-4-12)20-18(24)16-11-26-19(21-16)22-17(23)13-5-9-15(25-2)10-6-13/h3-11H,1-2H3,(H,20,24)(H,21,22,23). The van der Waals surface area contributed by atoms with Crippen LogP contribution in [0.2, 0.25) is 0 Å². The fourth-order valence-corrected chi connectivity index (χ4v) is 2.86. The zero-order valence-electron chi connectivity index (χ0n) is 14.3. The summed E-state index contributed by atoms with van der Waals surface area (Å²) in [6.45, 7) is 1.98. The van der Waals surface area contributed by atoms with Gasteiger partial charge in [-0.3, -0.25) is 14.9 Å². The van der Waals surface area contributed by atoms with Crippen molar-refractivity contribution in [2.24, 2.45) is 0 Å². The molecule has 0 unspecified atom stereocenters. The smallest absolute Gasteiger partial charge is 0.275 e. The Labute approximate surface area is 154 Å². The Morgan fingerprint density at radius 1 is 0.962 bits per heavy atom. The number of rotatable bonds is 5. The van der Waals surface area contributed by atoms with Crippen molar-refractivity contribution in [2.45, 2.75) is 6.92 Å². The van der Waals surface area contributed by atoms with E-state index in [1.54, 1.807) is 36.8 Å². The second-order valence-electron chi connectivity index (χ2n) is 5.54. The van der Waals surface area contributed by atoms with E-state index in [-0.39, 0.29) is 17.5 Å². The Bertz CT molecular complexity index is 918. The maximum atomic E-state index is 12.2. The van der Waals surface area contributed by atoms with Crippen molar-refractivity contribution < 1.29 is 14.3 Å². The lowest BCUT2D eigenvalue weighted by Crippen LogP contribution is -2.14. The maximum absolute atomic E-state index is 12.2. The van der Waals surface area contributed by atoms with Crippen molar-refractivity contribution in [2.75, 3.05) is 17.7 Å². The third-order valence-electron chi connectivity index (χ3n) is 3.62. The summed E-state index contributed by atoms with van der Waals surface area (Å²) in [5, 5.41) is 7.43. The Morgan fingerprint density at radius 2 is 1.65 bits per heavy atom. The van der Waals surface area contributed by atoms with Crippen molar-refractivity contribution in [1.29, 1.82) is 0 Å². The molecule has 0 aliphatic heterocycles. The number of ether oxygens (including phenoxy) is 1. The Morgan fingerprint density at radius 3 is 2.31 bits per heavy atom. The van der Waals surface area contributed by atoms with E-state index in [2.05, 4.69) is 15.6 Å². The summed E-state index contributed by atoms with van der Waals surface area (Å²) in [5.41, 5.74) is 2.53. The molecule has 0 fully saturated rings. The highest BCUT2D eigenvalue weighted by molar-refractivity contribution is 7.14. The van der Waals surface area contributed by atoms with Gasteiger partial charge >= 0.3 is 0 Å². The van der Waals surface area contributed by atoms with Crippen molar-refractivity contribution in [3.8, 4) is 5.75 Å². The lowest BCUT2D eigenvalue weighted by Gasteiger charge is -2.04. The van der Waals surface area contributed by atoms with Gasteiger partial charge in [0.05, 0.1) is 7.11 Å². The van der Waals surface area contributed by atoms with Crippen molar-refractivity contribution in [3.05, 3.63) is 70.7 Å². The molecule has 3 rings (SSSR count). The zero-order chi connectivity index (χ0) is 18.5. The molecule has 0 radical (unpaired) electrons. The van der Waals surface area contributed by atoms with Gasteiger partial charge in [0, 0.05) is 16.6 Å². The summed E-state index contributed by atoms with van der Waals surface area (Å²) in [5.74, 6) is 0.0495. The molecule has 0 saturated heterocycles. The van der Waals surface area contributed by atoms with Gasteiger partial charge in [0.15, 0.2) is 5.13 Å². The number of hydrogen-bond acceptors (Lipinski definition) is 5. The third kappa shape index (κ3) is 4.25. The predicted molar refractivity (Wildman–Crippen MR) is 102 cm³/mol. The van der Waals surface area contributed by atoms with Gasteiger partial charge in [0.25, 0.3) is 11.8 Å². The van der Waals surface area contributed by atoms with Crippen LogP contribution in [0.25, 0.3) is 0 Å². The minimum atomic E-state index is -0.324. The number of aromatic nitrogens is 1. The first-order chi connectivity index (χ1) is 12.5. The summed E-state index contributed by atoms with van der Waals surface area (Å²) in [4.78, 5) is 28.6. The van der Waals surface area contributed by atoms with Crippen LogP contribution in [0.5, 0.6) is 5.75 Å². The van der Waals surface area contributed by atoms with Gasteiger partial charge in [-0.25, -0.2) is 4.98 Å². The largest absolute Gasteiger partial charge is 0.497 e. The number of carbonyl (C=O) groups is 2. The minimum absolute atomic E-state index is 0.251. The van der Waals surface area contributed by atoms with Crippen LogP contribution in [-0.2, 0) is 0 Å². The van der Waals surface area contributed by atoms with Crippen LogP contribution >= 0.6 is 11.3 Å². The summed E-state index contributed by atoms with van der Waals surface area (Å²) in [6, 6.07) is 14.2. The van der Waals surface area contributed by atoms with Gasteiger partial charge in [-0.15, -0.1) is 11.3 Å². The van der Waals surface area contributed by atoms with E-state index >= 15 is 0 Å². The normalized spacial score (nSPS) is 10.2. The minimum Gasteiger partial charge on any atom is -0.497 e. The molecule has 2 N–H and O–H groups in total. The molecule has 7 heteroatoms. The molecule has 1 aromatic heterocycles. The van der Waals surface area contributed by atoms with Crippen LogP contribution < -0.4 is 15.4 Å². The summed E-state index contributed by atoms with van der Waals surface area (Å²) in [6.07, 6.45) is 0. The second kappa shape index (κ2) is 7.79. The first-order valence-electron chi connectivity index (χ1n) is 7.84. The van der Waals surface area contributed by atoms with E-state index in [4.69, 9.17) is 4.74 Å².